The van der Waals surface area contributed by atoms with Gasteiger partial charge in [0.2, 0.25) is 0 Å². The van der Waals surface area contributed by atoms with Gasteiger partial charge in [-0.05, 0) is 36.4 Å². The number of anilines is 1. The maximum Gasteiger partial charge on any atom is 0.337 e. The summed E-state index contributed by atoms with van der Waals surface area (Å²) in [5.41, 5.74) is -0.368. The number of nitriles is 1. The summed E-state index contributed by atoms with van der Waals surface area (Å²) < 4.78 is 27.9. The van der Waals surface area contributed by atoms with E-state index in [2.05, 4.69) is 10.5 Å². The first kappa shape index (κ1) is 18.4. The van der Waals surface area contributed by atoms with Crippen LogP contribution in [0.15, 0.2) is 45.8 Å². The Kier molecular flexibility index (Phi) is 4.57. The molecular weight excluding hydrogens is 398 g/mol. The number of fused-ring (bicyclic) bond motifs is 1. The Labute approximate surface area is 156 Å². The van der Waals surface area contributed by atoms with Crippen LogP contribution in [0, 0.1) is 11.3 Å². The summed E-state index contributed by atoms with van der Waals surface area (Å²) in [7, 11) is 1.26. The fourth-order valence-corrected chi connectivity index (χ4v) is 3.09. The van der Waals surface area contributed by atoms with Crippen LogP contribution in [-0.2, 0) is 9.05 Å². The summed E-state index contributed by atoms with van der Waals surface area (Å²) in [5.74, 6) is -2.17. The van der Waals surface area contributed by atoms with Crippen LogP contribution in [0.2, 0.25) is 0 Å². The minimum absolute atomic E-state index is 0.0660. The second-order valence-corrected chi connectivity index (χ2v) is 7.82. The van der Waals surface area contributed by atoms with E-state index in [0.29, 0.717) is 0 Å². The Hall–Kier alpha value is -3.42. The summed E-state index contributed by atoms with van der Waals surface area (Å²) in [5, 5.41) is 24.2. The average molecular weight is 406 g/mol. The zero-order chi connectivity index (χ0) is 19.8. The quantitative estimate of drug-likeness (QED) is 0.628. The number of rotatable bonds is 4. The Bertz CT molecular complexity index is 1240. The molecule has 0 saturated heterocycles. The van der Waals surface area contributed by atoms with Gasteiger partial charge in [0.15, 0.2) is 11.3 Å². The molecule has 1 heterocycles. The fraction of sp³-hybridized carbons (Fsp3) is 0. The van der Waals surface area contributed by atoms with Crippen molar-refractivity contribution in [3.05, 3.63) is 53.2 Å². The van der Waals surface area contributed by atoms with Crippen molar-refractivity contribution in [3.63, 3.8) is 0 Å². The summed E-state index contributed by atoms with van der Waals surface area (Å²) in [6, 6.07) is 9.12. The number of hydrogen-bond acceptors (Lipinski definition) is 7. The molecular formula is C16H8ClN3O6S. The van der Waals surface area contributed by atoms with Crippen LogP contribution in [0.5, 0.6) is 0 Å². The van der Waals surface area contributed by atoms with Gasteiger partial charge in [0.25, 0.3) is 15.0 Å². The van der Waals surface area contributed by atoms with Gasteiger partial charge in [-0.15, -0.1) is 0 Å². The van der Waals surface area contributed by atoms with Crippen molar-refractivity contribution in [2.45, 2.75) is 4.90 Å². The SMILES string of the molecule is N#Cc1ccc(NC(=O)c2noc3ccc(S(=O)(=O)Cl)cc23)c(C(=O)O)c1. The maximum absolute atomic E-state index is 12.5. The van der Waals surface area contributed by atoms with Crippen molar-refractivity contribution in [1.29, 1.82) is 5.26 Å². The summed E-state index contributed by atoms with van der Waals surface area (Å²) in [6.07, 6.45) is 0. The minimum Gasteiger partial charge on any atom is -0.478 e. The highest BCUT2D eigenvalue weighted by molar-refractivity contribution is 8.13. The second-order valence-electron chi connectivity index (χ2n) is 5.26. The summed E-state index contributed by atoms with van der Waals surface area (Å²) >= 11 is 0. The highest BCUT2D eigenvalue weighted by Gasteiger charge is 2.21. The van der Waals surface area contributed by atoms with Gasteiger partial charge >= 0.3 is 5.97 Å². The molecule has 2 N–H and O–H groups in total. The van der Waals surface area contributed by atoms with Crippen molar-refractivity contribution >= 4 is 48.3 Å². The first-order chi connectivity index (χ1) is 12.7. The number of carboxylic acid groups (broad SMARTS) is 1. The third-order valence-corrected chi connectivity index (χ3v) is 4.92. The fourth-order valence-electron chi connectivity index (χ4n) is 2.31. The standard InChI is InChI=1S/C16H8ClN3O6S/c17-27(24,25)9-2-4-13-11(6-9)14(20-26-13)15(21)19-12-3-1-8(7-18)5-10(12)16(22)23/h1-6H,(H,19,21)(H,22,23). The smallest absolute Gasteiger partial charge is 0.337 e. The van der Waals surface area contributed by atoms with Crippen LogP contribution in [0.4, 0.5) is 5.69 Å². The molecule has 0 fully saturated rings. The Morgan fingerprint density at radius 1 is 1.22 bits per heavy atom. The molecule has 9 nitrogen and oxygen atoms in total. The van der Waals surface area contributed by atoms with Crippen LogP contribution in [-0.4, -0.2) is 30.6 Å². The van der Waals surface area contributed by atoms with Gasteiger partial charge in [0.05, 0.1) is 33.2 Å². The number of carbonyl (C=O) groups excluding carboxylic acids is 1. The number of nitrogens with one attached hydrogen (secondary N) is 1. The molecule has 0 bridgehead atoms. The molecule has 0 atom stereocenters. The topological polar surface area (TPSA) is 150 Å². The Morgan fingerprint density at radius 3 is 2.59 bits per heavy atom. The lowest BCUT2D eigenvalue weighted by atomic mass is 10.1. The van der Waals surface area contributed by atoms with E-state index in [4.69, 9.17) is 20.5 Å². The number of carbonyl (C=O) groups is 2. The van der Waals surface area contributed by atoms with Crippen LogP contribution >= 0.6 is 10.7 Å². The van der Waals surface area contributed by atoms with Crippen LogP contribution in [0.25, 0.3) is 11.0 Å². The first-order valence-corrected chi connectivity index (χ1v) is 9.44. The van der Waals surface area contributed by atoms with Gasteiger partial charge < -0.3 is 14.9 Å². The number of nitrogens with zero attached hydrogens (tertiary/aromatic N) is 2. The molecule has 0 unspecified atom stereocenters. The predicted molar refractivity (Wildman–Crippen MR) is 93.1 cm³/mol. The Morgan fingerprint density at radius 2 is 1.96 bits per heavy atom. The molecule has 2 aromatic carbocycles. The van der Waals surface area contributed by atoms with Gasteiger partial charge in [0.1, 0.15) is 0 Å². The van der Waals surface area contributed by atoms with Crippen molar-refractivity contribution in [2.24, 2.45) is 0 Å². The molecule has 136 valence electrons. The number of halogens is 1. The maximum atomic E-state index is 12.5. The molecule has 0 aliphatic heterocycles. The largest absolute Gasteiger partial charge is 0.478 e. The van der Waals surface area contributed by atoms with Crippen molar-refractivity contribution < 1.29 is 27.6 Å². The minimum atomic E-state index is -4.04. The second kappa shape index (κ2) is 6.71. The Balaban J connectivity index is 2.03. The molecule has 1 aromatic heterocycles. The van der Waals surface area contributed by atoms with E-state index in [1.165, 1.54) is 24.3 Å². The zero-order valence-electron chi connectivity index (χ0n) is 13.1. The molecule has 3 aromatic rings. The van der Waals surface area contributed by atoms with E-state index in [-0.39, 0.29) is 38.4 Å². The number of carboxylic acids is 1. The van der Waals surface area contributed by atoms with E-state index in [1.54, 1.807) is 6.07 Å². The summed E-state index contributed by atoms with van der Waals surface area (Å²) in [6.45, 7) is 0. The van der Waals surface area contributed by atoms with Gasteiger partial charge in [-0.25, -0.2) is 13.2 Å². The molecule has 0 aliphatic carbocycles. The monoisotopic (exact) mass is 405 g/mol. The highest BCUT2D eigenvalue weighted by Crippen LogP contribution is 2.26. The molecule has 0 radical (unpaired) electrons. The predicted octanol–water partition coefficient (Wildman–Crippen LogP) is 2.58. The van der Waals surface area contributed by atoms with Crippen LogP contribution in [0.3, 0.4) is 0 Å². The number of aromatic carboxylic acids is 1. The zero-order valence-corrected chi connectivity index (χ0v) is 14.7. The van der Waals surface area contributed by atoms with Crippen molar-refractivity contribution in [2.75, 3.05) is 5.32 Å². The normalized spacial score (nSPS) is 11.1. The number of aromatic nitrogens is 1. The number of amides is 1. The third kappa shape index (κ3) is 3.59. The lowest BCUT2D eigenvalue weighted by molar-refractivity contribution is 0.0698. The molecule has 0 spiro atoms. The van der Waals surface area contributed by atoms with E-state index >= 15 is 0 Å². The van der Waals surface area contributed by atoms with Crippen molar-refractivity contribution in [3.8, 4) is 6.07 Å². The van der Waals surface area contributed by atoms with E-state index in [1.807, 2.05) is 0 Å². The molecule has 3 rings (SSSR count). The van der Waals surface area contributed by atoms with Gasteiger partial charge in [-0.2, -0.15) is 5.26 Å². The van der Waals surface area contributed by atoms with E-state index < -0.39 is 20.9 Å². The van der Waals surface area contributed by atoms with Gasteiger partial charge in [-0.3, -0.25) is 4.79 Å². The average Bonchev–Trinajstić information content (AvgIpc) is 3.04. The molecule has 1 amide bonds. The number of benzene rings is 2. The van der Waals surface area contributed by atoms with Crippen LogP contribution < -0.4 is 5.32 Å². The lowest BCUT2D eigenvalue weighted by Crippen LogP contribution is -2.15. The number of hydrogen-bond donors (Lipinski definition) is 2. The van der Waals surface area contributed by atoms with E-state index in [9.17, 15) is 23.1 Å². The first-order valence-electron chi connectivity index (χ1n) is 7.13. The molecule has 0 saturated carbocycles. The molecule has 11 heteroatoms. The highest BCUT2D eigenvalue weighted by atomic mass is 35.7. The molecule has 27 heavy (non-hydrogen) atoms. The van der Waals surface area contributed by atoms with E-state index in [0.717, 1.165) is 12.1 Å². The van der Waals surface area contributed by atoms with Crippen LogP contribution in [0.1, 0.15) is 26.4 Å². The van der Waals surface area contributed by atoms with Gasteiger partial charge in [-0.1, -0.05) is 5.16 Å². The lowest BCUT2D eigenvalue weighted by Gasteiger charge is -2.07. The molecule has 0 aliphatic rings. The van der Waals surface area contributed by atoms with Gasteiger partial charge in [0, 0.05) is 10.7 Å². The van der Waals surface area contributed by atoms with Crippen molar-refractivity contribution in [1.82, 2.24) is 5.16 Å². The third-order valence-electron chi connectivity index (χ3n) is 3.57. The summed E-state index contributed by atoms with van der Waals surface area (Å²) in [4.78, 5) is 23.6.